The molecular weight excluding hydrogens is 400 g/mol. The fraction of sp³-hybridized carbons (Fsp3) is 0.346. The Morgan fingerprint density at radius 1 is 0.969 bits per heavy atom. The third-order valence-electron chi connectivity index (χ3n) is 6.98. The van der Waals surface area contributed by atoms with Crippen molar-refractivity contribution in [2.75, 3.05) is 13.1 Å². The van der Waals surface area contributed by atoms with Gasteiger partial charge in [0.05, 0.1) is 5.52 Å². The van der Waals surface area contributed by atoms with Gasteiger partial charge in [-0.3, -0.25) is 20.0 Å². The Morgan fingerprint density at radius 2 is 1.78 bits per heavy atom. The summed E-state index contributed by atoms with van der Waals surface area (Å²) in [5.41, 5.74) is 2.66. The first-order valence-electron chi connectivity index (χ1n) is 11.4. The number of carbonyl (C=O) groups is 2. The van der Waals surface area contributed by atoms with Crippen molar-refractivity contribution in [1.29, 1.82) is 0 Å². The predicted octanol–water partition coefficient (Wildman–Crippen LogP) is 3.66. The van der Waals surface area contributed by atoms with Gasteiger partial charge < -0.3 is 5.32 Å². The monoisotopic (exact) mass is 428 g/mol. The van der Waals surface area contributed by atoms with E-state index < -0.39 is 5.54 Å². The van der Waals surface area contributed by atoms with Crippen LogP contribution in [-0.4, -0.2) is 40.5 Å². The lowest BCUT2D eigenvalue weighted by Gasteiger charge is -2.40. The number of pyridine rings is 1. The second-order valence-corrected chi connectivity index (χ2v) is 8.95. The first kappa shape index (κ1) is 20.6. The molecule has 0 aliphatic carbocycles. The van der Waals surface area contributed by atoms with Gasteiger partial charge in [0.25, 0.3) is 5.91 Å². The molecule has 6 nitrogen and oxygen atoms in total. The molecule has 0 bridgehead atoms. The second kappa shape index (κ2) is 8.71. The van der Waals surface area contributed by atoms with Crippen molar-refractivity contribution < 1.29 is 9.59 Å². The number of urea groups is 1. The maximum absolute atomic E-state index is 12.9. The molecule has 5 rings (SSSR count). The van der Waals surface area contributed by atoms with E-state index in [1.165, 1.54) is 11.1 Å². The topological polar surface area (TPSA) is 74.3 Å². The summed E-state index contributed by atoms with van der Waals surface area (Å²) < 4.78 is 0. The minimum atomic E-state index is -0.812. The zero-order valence-corrected chi connectivity index (χ0v) is 18.1. The molecule has 2 aliphatic heterocycles. The molecule has 32 heavy (non-hydrogen) atoms. The zero-order chi connectivity index (χ0) is 22.0. The summed E-state index contributed by atoms with van der Waals surface area (Å²) in [7, 11) is 0. The Labute approximate surface area is 188 Å². The van der Waals surface area contributed by atoms with Crippen LogP contribution >= 0.6 is 0 Å². The lowest BCUT2D eigenvalue weighted by Crippen LogP contribution is -2.56. The molecule has 1 unspecified atom stereocenters. The van der Waals surface area contributed by atoms with E-state index in [9.17, 15) is 9.59 Å². The van der Waals surface area contributed by atoms with Gasteiger partial charge in [0.15, 0.2) is 0 Å². The Morgan fingerprint density at radius 3 is 2.53 bits per heavy atom. The van der Waals surface area contributed by atoms with Gasteiger partial charge in [0, 0.05) is 18.1 Å². The van der Waals surface area contributed by atoms with Crippen molar-refractivity contribution >= 4 is 22.8 Å². The molecule has 0 saturated carbocycles. The van der Waals surface area contributed by atoms with Crippen LogP contribution in [0.3, 0.4) is 0 Å². The molecule has 2 aliphatic rings. The molecule has 0 radical (unpaired) electrons. The molecule has 3 aromatic rings. The third-order valence-corrected chi connectivity index (χ3v) is 6.98. The number of nitrogens with one attached hydrogen (secondary N) is 2. The normalized spacial score (nSPS) is 22.1. The number of nitrogens with zero attached hydrogens (tertiary/aromatic N) is 2. The highest BCUT2D eigenvalue weighted by atomic mass is 16.2. The van der Waals surface area contributed by atoms with Crippen molar-refractivity contribution in [1.82, 2.24) is 20.5 Å². The Bertz CT molecular complexity index is 1120. The molecule has 1 atom stereocenters. The van der Waals surface area contributed by atoms with Crippen LogP contribution in [-0.2, 0) is 17.8 Å². The number of aryl methyl sites for hydroxylation is 1. The van der Waals surface area contributed by atoms with Crippen LogP contribution in [0.25, 0.3) is 10.9 Å². The van der Waals surface area contributed by atoms with Gasteiger partial charge in [-0.05, 0) is 74.0 Å². The summed E-state index contributed by atoms with van der Waals surface area (Å²) in [6.07, 6.45) is 4.98. The molecule has 1 aromatic heterocycles. The highest BCUT2D eigenvalue weighted by molar-refractivity contribution is 6.07. The smallest absolute Gasteiger partial charge is 0.322 e. The summed E-state index contributed by atoms with van der Waals surface area (Å²) in [4.78, 5) is 31.8. The molecule has 6 heteroatoms. The average Bonchev–Trinajstić information content (AvgIpc) is 3.12. The van der Waals surface area contributed by atoms with E-state index in [1.54, 1.807) is 0 Å². The number of imide groups is 1. The number of hydrogen-bond acceptors (Lipinski definition) is 4. The van der Waals surface area contributed by atoms with Gasteiger partial charge in [-0.1, -0.05) is 42.5 Å². The number of benzene rings is 2. The lowest BCUT2D eigenvalue weighted by atomic mass is 9.74. The summed E-state index contributed by atoms with van der Waals surface area (Å²) in [5.74, 6) is -0.0337. The fourth-order valence-corrected chi connectivity index (χ4v) is 5.22. The number of hydrogen-bond donors (Lipinski definition) is 2. The Hall–Kier alpha value is -3.25. The first-order chi connectivity index (χ1) is 15.6. The summed E-state index contributed by atoms with van der Waals surface area (Å²) >= 11 is 0. The largest absolute Gasteiger partial charge is 0.323 e. The average molecular weight is 429 g/mol. The van der Waals surface area contributed by atoms with Gasteiger partial charge in [0.1, 0.15) is 5.54 Å². The Kier molecular flexibility index (Phi) is 5.62. The minimum absolute atomic E-state index is 0.134. The predicted molar refractivity (Wildman–Crippen MR) is 124 cm³/mol. The molecule has 2 aromatic carbocycles. The van der Waals surface area contributed by atoms with Crippen LogP contribution in [0.15, 0.2) is 66.9 Å². The van der Waals surface area contributed by atoms with Gasteiger partial charge in [-0.25, -0.2) is 4.79 Å². The number of rotatable bonds is 6. The van der Waals surface area contributed by atoms with E-state index in [0.29, 0.717) is 6.42 Å². The maximum atomic E-state index is 12.9. The molecule has 2 N–H and O–H groups in total. The van der Waals surface area contributed by atoms with E-state index in [0.717, 1.165) is 49.8 Å². The van der Waals surface area contributed by atoms with Crippen LogP contribution in [0.1, 0.15) is 30.4 Å². The van der Waals surface area contributed by atoms with Gasteiger partial charge in [-0.2, -0.15) is 0 Å². The number of aromatic nitrogens is 1. The van der Waals surface area contributed by atoms with Crippen molar-refractivity contribution in [2.45, 2.75) is 37.8 Å². The number of piperidine rings is 1. The van der Waals surface area contributed by atoms with Crippen LogP contribution in [0.5, 0.6) is 0 Å². The maximum Gasteiger partial charge on any atom is 0.322 e. The molecule has 3 amide bonds. The summed E-state index contributed by atoms with van der Waals surface area (Å²) in [6, 6.07) is 20.3. The molecule has 164 valence electrons. The van der Waals surface area contributed by atoms with Crippen molar-refractivity contribution in [3.05, 3.63) is 78.0 Å². The highest BCUT2D eigenvalue weighted by Crippen LogP contribution is 2.35. The van der Waals surface area contributed by atoms with Crippen molar-refractivity contribution in [2.24, 2.45) is 5.92 Å². The van der Waals surface area contributed by atoms with E-state index >= 15 is 0 Å². The molecule has 2 fully saturated rings. The molecule has 3 heterocycles. The molecule has 2 saturated heterocycles. The number of carbonyl (C=O) groups excluding carboxylic acids is 2. The van der Waals surface area contributed by atoms with E-state index in [4.69, 9.17) is 0 Å². The second-order valence-electron chi connectivity index (χ2n) is 8.95. The van der Waals surface area contributed by atoms with Crippen LogP contribution < -0.4 is 10.6 Å². The van der Waals surface area contributed by atoms with Gasteiger partial charge in [0.2, 0.25) is 0 Å². The summed E-state index contributed by atoms with van der Waals surface area (Å²) in [6.45, 7) is 2.70. The van der Waals surface area contributed by atoms with Crippen LogP contribution in [0.2, 0.25) is 0 Å². The first-order valence-corrected chi connectivity index (χ1v) is 11.4. The number of likely N-dealkylation sites (tertiary alicyclic amines) is 1. The zero-order valence-electron chi connectivity index (χ0n) is 18.1. The van der Waals surface area contributed by atoms with Gasteiger partial charge >= 0.3 is 6.03 Å². The number of fused-ring (bicyclic) bond motifs is 1. The summed E-state index contributed by atoms with van der Waals surface area (Å²) in [5, 5.41) is 6.68. The van der Waals surface area contributed by atoms with E-state index in [-0.39, 0.29) is 17.9 Å². The molecular formula is C26H28N4O2. The van der Waals surface area contributed by atoms with Gasteiger partial charge in [-0.15, -0.1) is 0 Å². The standard InChI is InChI=1S/C26H28N4O2/c31-24-26(29-25(32)28-24,13-10-19-5-2-1-3-6-19)22-11-15-30(16-12-22)18-20-8-9-23-21(17-20)7-4-14-27-23/h1-9,14,17,22H,10-13,15-16,18H2,(H2,28,29,31,32). The quantitative estimate of drug-likeness (QED) is 0.588. The third kappa shape index (κ3) is 4.10. The van der Waals surface area contributed by atoms with E-state index in [1.807, 2.05) is 30.5 Å². The van der Waals surface area contributed by atoms with Crippen molar-refractivity contribution in [3.63, 3.8) is 0 Å². The van der Waals surface area contributed by atoms with Crippen LogP contribution in [0.4, 0.5) is 4.79 Å². The Balaban J connectivity index is 1.26. The fourth-order valence-electron chi connectivity index (χ4n) is 5.22. The molecule has 0 spiro atoms. The lowest BCUT2D eigenvalue weighted by molar-refractivity contribution is -0.127. The minimum Gasteiger partial charge on any atom is -0.323 e. The number of amides is 3. The van der Waals surface area contributed by atoms with Crippen LogP contribution in [0, 0.1) is 5.92 Å². The SMILES string of the molecule is O=C1NC(=O)C(CCc2ccccc2)(C2CCN(Cc3ccc4ncccc4c3)CC2)N1. The van der Waals surface area contributed by atoms with Crippen molar-refractivity contribution in [3.8, 4) is 0 Å². The van der Waals surface area contributed by atoms with E-state index in [2.05, 4.69) is 56.9 Å². The highest BCUT2D eigenvalue weighted by Gasteiger charge is 2.51.